The van der Waals surface area contributed by atoms with Crippen LogP contribution in [0.25, 0.3) is 0 Å². The van der Waals surface area contributed by atoms with Crippen LogP contribution in [-0.4, -0.2) is 30.1 Å². The third kappa shape index (κ3) is 4.14. The highest BCUT2D eigenvalue weighted by Gasteiger charge is 2.35. The van der Waals surface area contributed by atoms with Gasteiger partial charge in [0, 0.05) is 12.2 Å². The van der Waals surface area contributed by atoms with Crippen LogP contribution in [0.15, 0.2) is 18.2 Å². The molecule has 118 valence electrons. The van der Waals surface area contributed by atoms with Crippen molar-refractivity contribution >= 4 is 17.7 Å². The Bertz CT molecular complexity index is 580. The molecular weight excluding hydrogens is 303 g/mol. The van der Waals surface area contributed by atoms with Crippen molar-refractivity contribution in [3.05, 3.63) is 29.6 Å². The Hall–Kier alpha value is -1.74. The molecule has 1 aliphatic heterocycles. The van der Waals surface area contributed by atoms with Crippen molar-refractivity contribution in [3.8, 4) is 11.8 Å². The van der Waals surface area contributed by atoms with Crippen LogP contribution >= 0.6 is 11.8 Å². The number of carbonyl (C=O) groups is 1. The second-order valence-electron chi connectivity index (χ2n) is 5.37. The normalized spacial score (nSPS) is 20.4. The van der Waals surface area contributed by atoms with E-state index >= 15 is 0 Å². The number of thioether (sulfide) groups is 1. The maximum absolute atomic E-state index is 13.6. The minimum Gasteiger partial charge on any atom is -0.494 e. The fourth-order valence-electron chi connectivity index (χ4n) is 2.43. The summed E-state index contributed by atoms with van der Waals surface area (Å²) in [6.45, 7) is 0. The Morgan fingerprint density at radius 3 is 3.00 bits per heavy atom. The van der Waals surface area contributed by atoms with Crippen LogP contribution in [0.1, 0.15) is 24.8 Å². The molecule has 1 unspecified atom stereocenters. The summed E-state index contributed by atoms with van der Waals surface area (Å²) in [5.41, 5.74) is 0.131. The number of methoxy groups -OCH3 is 1. The number of ether oxygens (including phenoxy) is 1. The minimum atomic E-state index is -0.700. The third-order valence-electron chi connectivity index (χ3n) is 3.70. The molecule has 6 heteroatoms. The highest BCUT2D eigenvalue weighted by molar-refractivity contribution is 7.99. The summed E-state index contributed by atoms with van der Waals surface area (Å²) < 4.78 is 18.4. The monoisotopic (exact) mass is 322 g/mol. The Balaban J connectivity index is 1.80. The first-order chi connectivity index (χ1) is 10.6. The molecule has 1 saturated heterocycles. The van der Waals surface area contributed by atoms with E-state index in [4.69, 9.17) is 4.74 Å². The number of hydrogen-bond donors (Lipinski definition) is 1. The van der Waals surface area contributed by atoms with E-state index in [0.717, 1.165) is 11.3 Å². The van der Waals surface area contributed by atoms with Crippen molar-refractivity contribution in [3.63, 3.8) is 0 Å². The highest BCUT2D eigenvalue weighted by Crippen LogP contribution is 2.27. The van der Waals surface area contributed by atoms with Crippen molar-refractivity contribution in [1.29, 1.82) is 5.26 Å². The van der Waals surface area contributed by atoms with Crippen LogP contribution in [0.2, 0.25) is 0 Å². The molecule has 2 rings (SSSR count). The predicted molar refractivity (Wildman–Crippen MR) is 84.3 cm³/mol. The number of aryl methyl sites for hydroxylation is 1. The van der Waals surface area contributed by atoms with E-state index in [-0.39, 0.29) is 11.7 Å². The predicted octanol–water partition coefficient (Wildman–Crippen LogP) is 2.67. The Kier molecular flexibility index (Phi) is 5.67. The topological polar surface area (TPSA) is 62.1 Å². The quantitative estimate of drug-likeness (QED) is 0.874. The number of rotatable bonds is 6. The number of amides is 1. The molecule has 0 spiro atoms. The first-order valence-electron chi connectivity index (χ1n) is 7.21. The standard InChI is InChI=1S/C16H19FN2O2S/c1-21-14-6-5-12(9-13(14)17)3-2-4-15(20)19-16(10-18)7-8-22-11-16/h5-6,9H,2-4,7-8,11H2,1H3,(H,19,20). The van der Waals surface area contributed by atoms with E-state index in [1.54, 1.807) is 23.9 Å². The molecule has 1 heterocycles. The van der Waals surface area contributed by atoms with E-state index in [1.807, 2.05) is 0 Å². The lowest BCUT2D eigenvalue weighted by molar-refractivity contribution is -0.122. The van der Waals surface area contributed by atoms with E-state index in [1.165, 1.54) is 13.2 Å². The number of hydrogen-bond acceptors (Lipinski definition) is 4. The lowest BCUT2D eigenvalue weighted by Crippen LogP contribution is -2.47. The maximum Gasteiger partial charge on any atom is 0.221 e. The SMILES string of the molecule is COc1ccc(CCCC(=O)NC2(C#N)CCSC2)cc1F. The number of carbonyl (C=O) groups excluding carboxylic acids is 1. The van der Waals surface area contributed by atoms with Gasteiger partial charge in [0.2, 0.25) is 5.91 Å². The summed E-state index contributed by atoms with van der Waals surface area (Å²) >= 11 is 1.68. The summed E-state index contributed by atoms with van der Waals surface area (Å²) in [4.78, 5) is 12.0. The zero-order chi connectivity index (χ0) is 16.0. The lowest BCUT2D eigenvalue weighted by atomic mass is 10.0. The summed E-state index contributed by atoms with van der Waals surface area (Å²) in [5.74, 6) is 1.27. The molecule has 22 heavy (non-hydrogen) atoms. The first kappa shape index (κ1) is 16.6. The molecule has 0 aliphatic carbocycles. The van der Waals surface area contributed by atoms with Crippen LogP contribution in [-0.2, 0) is 11.2 Å². The molecule has 1 amide bonds. The Morgan fingerprint density at radius 2 is 2.41 bits per heavy atom. The molecule has 1 aromatic rings. The number of nitrogens with one attached hydrogen (secondary N) is 1. The fourth-order valence-corrected chi connectivity index (χ4v) is 3.69. The number of nitriles is 1. The number of benzene rings is 1. The van der Waals surface area contributed by atoms with Crippen LogP contribution in [0.3, 0.4) is 0 Å². The van der Waals surface area contributed by atoms with Gasteiger partial charge in [-0.05, 0) is 42.7 Å². The summed E-state index contributed by atoms with van der Waals surface area (Å²) in [7, 11) is 1.43. The average molecular weight is 322 g/mol. The zero-order valence-electron chi connectivity index (χ0n) is 12.5. The van der Waals surface area contributed by atoms with Crippen molar-refractivity contribution in [2.45, 2.75) is 31.2 Å². The van der Waals surface area contributed by atoms with Crippen LogP contribution in [0, 0.1) is 17.1 Å². The van der Waals surface area contributed by atoms with Gasteiger partial charge >= 0.3 is 0 Å². The third-order valence-corrected chi connectivity index (χ3v) is 4.89. The molecule has 0 saturated carbocycles. The van der Waals surface area contributed by atoms with Gasteiger partial charge in [0.15, 0.2) is 11.6 Å². The van der Waals surface area contributed by atoms with Gasteiger partial charge in [-0.25, -0.2) is 4.39 Å². The van der Waals surface area contributed by atoms with Gasteiger partial charge in [0.1, 0.15) is 5.54 Å². The van der Waals surface area contributed by atoms with Gasteiger partial charge in [-0.3, -0.25) is 4.79 Å². The largest absolute Gasteiger partial charge is 0.494 e. The van der Waals surface area contributed by atoms with Crippen LogP contribution in [0.4, 0.5) is 4.39 Å². The lowest BCUT2D eigenvalue weighted by Gasteiger charge is -2.21. The first-order valence-corrected chi connectivity index (χ1v) is 8.36. The van der Waals surface area contributed by atoms with Gasteiger partial charge in [0.25, 0.3) is 0 Å². The molecule has 1 aliphatic rings. The van der Waals surface area contributed by atoms with Crippen LogP contribution in [0.5, 0.6) is 5.75 Å². The molecule has 0 bridgehead atoms. The average Bonchev–Trinajstić information content (AvgIpc) is 2.96. The van der Waals surface area contributed by atoms with Crippen molar-refractivity contribution in [2.75, 3.05) is 18.6 Å². The molecule has 4 nitrogen and oxygen atoms in total. The van der Waals surface area contributed by atoms with Crippen LogP contribution < -0.4 is 10.1 Å². The Morgan fingerprint density at radius 1 is 1.59 bits per heavy atom. The van der Waals surface area contributed by atoms with E-state index in [0.29, 0.717) is 31.4 Å². The molecule has 0 radical (unpaired) electrons. The summed E-state index contributed by atoms with van der Waals surface area (Å²) in [6.07, 6.45) is 2.26. The molecule has 1 aromatic carbocycles. The number of nitrogens with zero attached hydrogens (tertiary/aromatic N) is 1. The highest BCUT2D eigenvalue weighted by atomic mass is 32.2. The summed E-state index contributed by atoms with van der Waals surface area (Å²) in [5, 5.41) is 12.1. The zero-order valence-corrected chi connectivity index (χ0v) is 13.3. The number of halogens is 1. The molecule has 1 fully saturated rings. The van der Waals surface area contributed by atoms with Crippen molar-refractivity contribution in [1.82, 2.24) is 5.32 Å². The van der Waals surface area contributed by atoms with Crippen molar-refractivity contribution in [2.24, 2.45) is 0 Å². The van der Waals surface area contributed by atoms with E-state index in [9.17, 15) is 14.4 Å². The van der Waals surface area contributed by atoms with E-state index < -0.39 is 11.4 Å². The van der Waals surface area contributed by atoms with E-state index in [2.05, 4.69) is 11.4 Å². The van der Waals surface area contributed by atoms with Gasteiger partial charge in [-0.1, -0.05) is 6.07 Å². The second-order valence-corrected chi connectivity index (χ2v) is 6.47. The molecular formula is C16H19FN2O2S. The molecule has 0 aromatic heterocycles. The second kappa shape index (κ2) is 7.50. The summed E-state index contributed by atoms with van der Waals surface area (Å²) in [6, 6.07) is 7.04. The molecule has 1 N–H and O–H groups in total. The fraction of sp³-hybridized carbons (Fsp3) is 0.500. The molecule has 1 atom stereocenters. The van der Waals surface area contributed by atoms with Crippen molar-refractivity contribution < 1.29 is 13.9 Å². The van der Waals surface area contributed by atoms with Gasteiger partial charge in [-0.2, -0.15) is 17.0 Å². The maximum atomic E-state index is 13.6. The Labute approximate surface area is 134 Å². The minimum absolute atomic E-state index is 0.113. The van der Waals surface area contributed by atoms with Gasteiger partial charge in [-0.15, -0.1) is 0 Å². The van der Waals surface area contributed by atoms with Gasteiger partial charge in [0.05, 0.1) is 13.2 Å². The van der Waals surface area contributed by atoms with Gasteiger partial charge < -0.3 is 10.1 Å². The smallest absolute Gasteiger partial charge is 0.221 e.